The summed E-state index contributed by atoms with van der Waals surface area (Å²) in [7, 11) is 0. The molecule has 3 heterocycles. The number of hydrogen-bond donors (Lipinski definition) is 2. The maximum absolute atomic E-state index is 13.9. The van der Waals surface area contributed by atoms with E-state index in [1.54, 1.807) is 0 Å². The number of aryl methyl sites for hydroxylation is 1. The maximum atomic E-state index is 13.9. The van der Waals surface area contributed by atoms with Crippen molar-refractivity contribution < 1.29 is 23.9 Å². The van der Waals surface area contributed by atoms with Crippen molar-refractivity contribution in [1.29, 1.82) is 0 Å². The molecule has 3 aromatic carbocycles. The molecule has 2 atom stereocenters. The molecular weight excluding hydrogens is 540 g/mol. The van der Waals surface area contributed by atoms with Crippen LogP contribution in [-0.4, -0.2) is 56.5 Å². The second-order valence-electron chi connectivity index (χ2n) is 9.93. The van der Waals surface area contributed by atoms with E-state index in [1.807, 2.05) is 85.8 Å². The number of esters is 2. The number of thioether (sulfide) groups is 1. The average molecular weight is 569 g/mol. The Balaban J connectivity index is 1.29. The number of aromatic nitrogens is 2. The molecule has 2 aliphatic heterocycles. The summed E-state index contributed by atoms with van der Waals surface area (Å²) in [4.78, 5) is 48.4. The van der Waals surface area contributed by atoms with Crippen molar-refractivity contribution in [2.24, 2.45) is 0 Å². The number of amides is 1. The lowest BCUT2D eigenvalue weighted by Crippen LogP contribution is -2.68. The number of rotatable bonds is 8. The molecule has 0 radical (unpaired) electrons. The molecule has 0 aliphatic carbocycles. The Morgan fingerprint density at radius 3 is 2.37 bits per heavy atom. The topological polar surface area (TPSA) is 114 Å². The number of imidazole rings is 1. The maximum Gasteiger partial charge on any atom is 0.356 e. The van der Waals surface area contributed by atoms with E-state index in [9.17, 15) is 14.4 Å². The summed E-state index contributed by atoms with van der Waals surface area (Å²) in [6, 6.07) is 24.1. The molecule has 1 amide bonds. The Bertz CT molecular complexity index is 1610. The first-order valence-electron chi connectivity index (χ1n) is 13.2. The summed E-state index contributed by atoms with van der Waals surface area (Å²) in [6.07, 6.45) is -0.690. The number of β-lactam (4-membered cyclic amide) rings is 1. The van der Waals surface area contributed by atoms with Crippen LogP contribution in [0.4, 0.5) is 5.95 Å². The van der Waals surface area contributed by atoms with Crippen LogP contribution in [0.25, 0.3) is 11.0 Å². The van der Waals surface area contributed by atoms with Crippen LogP contribution in [0.15, 0.2) is 90.1 Å². The van der Waals surface area contributed by atoms with Gasteiger partial charge in [-0.2, -0.15) is 0 Å². The number of hydrogen-bond acceptors (Lipinski definition) is 8. The van der Waals surface area contributed by atoms with Crippen LogP contribution in [0.5, 0.6) is 0 Å². The lowest BCUT2D eigenvalue weighted by molar-refractivity contribution is -0.152. The highest BCUT2D eigenvalue weighted by Gasteiger charge is 2.54. The van der Waals surface area contributed by atoms with Crippen molar-refractivity contribution >= 4 is 46.6 Å². The molecule has 4 aromatic rings. The van der Waals surface area contributed by atoms with E-state index in [0.717, 1.165) is 27.7 Å². The van der Waals surface area contributed by atoms with Crippen LogP contribution in [-0.2, 0) is 23.9 Å². The first-order chi connectivity index (χ1) is 19.9. The number of ether oxygens (including phenoxy) is 2. The number of H-pyrrole nitrogens is 1. The average Bonchev–Trinajstić information content (AvgIpc) is 3.42. The van der Waals surface area contributed by atoms with Crippen LogP contribution >= 0.6 is 11.8 Å². The molecular formula is C31H28N4O5S. The quantitative estimate of drug-likeness (QED) is 0.232. The third kappa shape index (κ3) is 5.18. The fourth-order valence-electron chi connectivity index (χ4n) is 5.11. The van der Waals surface area contributed by atoms with Gasteiger partial charge in [0.05, 0.1) is 11.0 Å². The van der Waals surface area contributed by atoms with Gasteiger partial charge in [-0.15, -0.1) is 11.8 Å². The Morgan fingerprint density at radius 2 is 1.73 bits per heavy atom. The number of anilines is 1. The van der Waals surface area contributed by atoms with E-state index in [1.165, 1.54) is 23.6 Å². The van der Waals surface area contributed by atoms with Crippen molar-refractivity contribution in [3.63, 3.8) is 0 Å². The highest BCUT2D eigenvalue weighted by atomic mass is 32.2. The Labute approximate surface area is 240 Å². The molecule has 0 spiro atoms. The molecule has 41 heavy (non-hydrogen) atoms. The zero-order valence-electron chi connectivity index (χ0n) is 22.5. The van der Waals surface area contributed by atoms with Crippen LogP contribution < -0.4 is 5.32 Å². The van der Waals surface area contributed by atoms with Gasteiger partial charge in [-0.05, 0) is 29.7 Å². The van der Waals surface area contributed by atoms with E-state index in [0.29, 0.717) is 17.3 Å². The first kappa shape index (κ1) is 26.6. The summed E-state index contributed by atoms with van der Waals surface area (Å²) in [5.41, 5.74) is 4.96. The van der Waals surface area contributed by atoms with E-state index in [4.69, 9.17) is 9.47 Å². The zero-order valence-corrected chi connectivity index (χ0v) is 23.3. The molecule has 208 valence electrons. The van der Waals surface area contributed by atoms with Gasteiger partial charge in [0.1, 0.15) is 23.7 Å². The lowest BCUT2D eigenvalue weighted by Gasteiger charge is -2.49. The third-order valence-corrected chi connectivity index (χ3v) is 8.47. The summed E-state index contributed by atoms with van der Waals surface area (Å²) in [5.74, 6) is -0.535. The van der Waals surface area contributed by atoms with Crippen molar-refractivity contribution in [2.45, 2.75) is 31.4 Å². The SMILES string of the molecule is CC(=O)OCC1=C(C(=O)OC(c2ccccc2)c2ccccc2)N2C(=O)[C@@H](Nc3nc4c(C)cccc4[nH]3)[C@H]2SC1. The summed E-state index contributed by atoms with van der Waals surface area (Å²) >= 11 is 1.49. The minimum atomic E-state index is -0.690. The van der Waals surface area contributed by atoms with Gasteiger partial charge in [0, 0.05) is 18.2 Å². The van der Waals surface area contributed by atoms with E-state index >= 15 is 0 Å². The predicted octanol–water partition coefficient (Wildman–Crippen LogP) is 4.72. The minimum Gasteiger partial charge on any atom is -0.461 e. The molecule has 1 aromatic heterocycles. The smallest absolute Gasteiger partial charge is 0.356 e. The van der Waals surface area contributed by atoms with Crippen LogP contribution in [0.1, 0.15) is 29.7 Å². The standard InChI is InChI=1S/C31H28N4O5S/c1-18-10-9-15-23-24(18)33-31(32-23)34-25-28(37)35-26(22(16-39-19(2)36)17-41-29(25)35)30(38)40-27(20-11-5-3-6-12-20)21-13-7-4-8-14-21/h3-15,25,27,29H,16-17H2,1-2H3,(H2,32,33,34)/t25-,29-/m1/s1. The van der Waals surface area contributed by atoms with Gasteiger partial charge in [-0.1, -0.05) is 72.8 Å². The number of nitrogens with one attached hydrogen (secondary N) is 2. The fraction of sp³-hybridized carbons (Fsp3) is 0.226. The predicted molar refractivity (Wildman–Crippen MR) is 156 cm³/mol. The number of carbonyl (C=O) groups is 3. The molecule has 6 rings (SSSR count). The van der Waals surface area contributed by atoms with E-state index in [2.05, 4.69) is 15.3 Å². The number of nitrogens with zero attached hydrogens (tertiary/aromatic N) is 2. The molecule has 2 N–H and O–H groups in total. The second kappa shape index (κ2) is 11.1. The third-order valence-electron chi connectivity index (χ3n) is 7.13. The minimum absolute atomic E-state index is 0.106. The second-order valence-corrected chi connectivity index (χ2v) is 11.0. The lowest BCUT2D eigenvalue weighted by atomic mass is 10.0. The molecule has 1 saturated heterocycles. The van der Waals surface area contributed by atoms with Crippen molar-refractivity contribution in [3.05, 3.63) is 107 Å². The highest BCUT2D eigenvalue weighted by molar-refractivity contribution is 8.00. The zero-order chi connectivity index (χ0) is 28.5. The monoisotopic (exact) mass is 568 g/mol. The molecule has 0 unspecified atom stereocenters. The largest absolute Gasteiger partial charge is 0.461 e. The molecule has 9 nitrogen and oxygen atoms in total. The van der Waals surface area contributed by atoms with Crippen molar-refractivity contribution in [3.8, 4) is 0 Å². The normalized spacial score (nSPS) is 18.2. The summed E-state index contributed by atoms with van der Waals surface area (Å²) < 4.78 is 11.4. The summed E-state index contributed by atoms with van der Waals surface area (Å²) in [5, 5.41) is 2.85. The van der Waals surface area contributed by atoms with E-state index < -0.39 is 24.1 Å². The van der Waals surface area contributed by atoms with Gasteiger partial charge in [0.25, 0.3) is 5.91 Å². The molecule has 0 bridgehead atoms. The molecule has 1 fully saturated rings. The van der Waals surface area contributed by atoms with Gasteiger partial charge in [-0.25, -0.2) is 9.78 Å². The number of benzene rings is 3. The summed E-state index contributed by atoms with van der Waals surface area (Å²) in [6.45, 7) is 3.18. The highest BCUT2D eigenvalue weighted by Crippen LogP contribution is 2.42. The van der Waals surface area contributed by atoms with Gasteiger partial charge in [0.15, 0.2) is 6.10 Å². The number of fused-ring (bicyclic) bond motifs is 2. The molecule has 0 saturated carbocycles. The van der Waals surface area contributed by atoms with Crippen LogP contribution in [0, 0.1) is 6.92 Å². The Hall–Kier alpha value is -4.57. The number of aromatic amines is 1. The molecule has 10 heteroatoms. The van der Waals surface area contributed by atoms with Gasteiger partial charge in [0.2, 0.25) is 5.95 Å². The van der Waals surface area contributed by atoms with Crippen LogP contribution in [0.3, 0.4) is 0 Å². The van der Waals surface area contributed by atoms with Gasteiger partial charge in [-0.3, -0.25) is 14.5 Å². The Morgan fingerprint density at radius 1 is 1.05 bits per heavy atom. The molecule has 2 aliphatic rings. The Kier molecular flexibility index (Phi) is 7.23. The number of para-hydroxylation sites is 1. The van der Waals surface area contributed by atoms with Crippen LogP contribution in [0.2, 0.25) is 0 Å². The van der Waals surface area contributed by atoms with Gasteiger partial charge >= 0.3 is 11.9 Å². The van der Waals surface area contributed by atoms with Gasteiger partial charge < -0.3 is 19.8 Å². The van der Waals surface area contributed by atoms with Crippen molar-refractivity contribution in [1.82, 2.24) is 14.9 Å². The van der Waals surface area contributed by atoms with Crippen molar-refractivity contribution in [2.75, 3.05) is 17.7 Å². The fourth-order valence-corrected chi connectivity index (χ4v) is 6.44. The first-order valence-corrected chi connectivity index (χ1v) is 14.3. The number of carbonyl (C=O) groups excluding carboxylic acids is 3. The van der Waals surface area contributed by atoms with E-state index in [-0.39, 0.29) is 23.6 Å².